The lowest BCUT2D eigenvalue weighted by atomic mass is 10.1. The van der Waals surface area contributed by atoms with E-state index in [1.54, 1.807) is 18.2 Å². The summed E-state index contributed by atoms with van der Waals surface area (Å²) in [6.07, 6.45) is -6.58. The van der Waals surface area contributed by atoms with Crippen molar-refractivity contribution in [2.75, 3.05) is 0 Å². The molecule has 10 heteroatoms. The third-order valence-corrected chi connectivity index (χ3v) is 2.28. The van der Waals surface area contributed by atoms with Crippen LogP contribution in [0.1, 0.15) is 5.56 Å². The van der Waals surface area contributed by atoms with Crippen LogP contribution in [0.25, 0.3) is 0 Å². The van der Waals surface area contributed by atoms with Crippen molar-refractivity contribution in [2.45, 2.75) is 24.6 Å². The Morgan fingerprint density at radius 2 is 1.48 bits per heavy atom. The molecule has 0 radical (unpaired) electrons. The number of amides is 1. The Bertz CT molecular complexity index is 525. The largest absolute Gasteiger partial charge is 0.460 e. The van der Waals surface area contributed by atoms with Crippen LogP contribution in [0, 0.1) is 0 Å². The number of benzene rings is 1. The molecule has 1 rings (SSSR count). The van der Waals surface area contributed by atoms with Gasteiger partial charge in [0, 0.05) is 0 Å². The van der Waals surface area contributed by atoms with Gasteiger partial charge in [-0.05, 0) is 5.56 Å². The molecule has 0 fully saturated rings. The van der Waals surface area contributed by atoms with Gasteiger partial charge in [-0.3, -0.25) is 4.79 Å². The Morgan fingerprint density at radius 1 is 0.952 bits per heavy atom. The van der Waals surface area contributed by atoms with Gasteiger partial charge in [-0.15, -0.1) is 5.11 Å². The molecule has 1 aromatic carbocycles. The van der Waals surface area contributed by atoms with E-state index in [1.807, 2.05) is 0 Å². The molecule has 0 unspecified atom stereocenters. The smallest absolute Gasteiger partial charge is 0.264 e. The summed E-state index contributed by atoms with van der Waals surface area (Å²) >= 11 is 0. The number of nitrogens with zero attached hydrogens (tertiary/aromatic N) is 2. The van der Waals surface area contributed by atoms with Gasteiger partial charge >= 0.3 is 23.9 Å². The van der Waals surface area contributed by atoms with Gasteiger partial charge in [0.15, 0.2) is 0 Å². The van der Waals surface area contributed by atoms with Crippen molar-refractivity contribution in [3.63, 3.8) is 0 Å². The van der Waals surface area contributed by atoms with Crippen LogP contribution >= 0.6 is 0 Å². The summed E-state index contributed by atoms with van der Waals surface area (Å²) in [5.74, 6) is -15.5. The number of carbonyl (C=O) groups is 1. The zero-order chi connectivity index (χ0) is 16.3. The minimum Gasteiger partial charge on any atom is -0.264 e. The van der Waals surface area contributed by atoms with E-state index in [0.29, 0.717) is 5.56 Å². The lowest BCUT2D eigenvalue weighted by Crippen LogP contribution is -2.55. The number of hydrogen-bond donors (Lipinski definition) is 0. The summed E-state index contributed by atoms with van der Waals surface area (Å²) in [7, 11) is 0. The third-order valence-electron chi connectivity index (χ3n) is 2.28. The molecule has 0 spiro atoms. The maximum atomic E-state index is 12.8. The van der Waals surface area contributed by atoms with E-state index in [0.717, 1.165) is 0 Å². The van der Waals surface area contributed by atoms with Crippen LogP contribution in [0.3, 0.4) is 0 Å². The van der Waals surface area contributed by atoms with E-state index >= 15 is 0 Å². The first kappa shape index (κ1) is 17.1. The van der Waals surface area contributed by atoms with Gasteiger partial charge in [-0.2, -0.15) is 35.8 Å². The lowest BCUT2D eigenvalue weighted by molar-refractivity contribution is -0.343. The van der Waals surface area contributed by atoms with Crippen molar-refractivity contribution in [1.29, 1.82) is 0 Å². The zero-order valence-corrected chi connectivity index (χ0v) is 10.0. The number of alkyl halides is 7. The molecule has 0 N–H and O–H groups in total. The second-order valence-electron chi connectivity index (χ2n) is 3.84. The summed E-state index contributed by atoms with van der Waals surface area (Å²) in [6, 6.07) is 7.62. The van der Waals surface area contributed by atoms with Crippen LogP contribution in [0.15, 0.2) is 40.6 Å². The van der Waals surface area contributed by atoms with Gasteiger partial charge in [-0.25, -0.2) is 0 Å². The average Bonchev–Trinajstić information content (AvgIpc) is 2.38. The SMILES string of the molecule is O=C(N=NCc1ccccc1)C(F)(F)C(F)(F)C(F)(F)F. The van der Waals surface area contributed by atoms with Gasteiger partial charge < -0.3 is 0 Å². The zero-order valence-electron chi connectivity index (χ0n) is 10.0. The molecule has 0 heterocycles. The molecule has 1 aromatic rings. The Labute approximate surface area is 113 Å². The predicted octanol–water partition coefficient (Wildman–Crippen LogP) is 4.00. The Balaban J connectivity index is 2.83. The minimum atomic E-state index is -6.58. The normalized spacial score (nSPS) is 13.7. The van der Waals surface area contributed by atoms with Crippen molar-refractivity contribution < 1.29 is 35.5 Å². The maximum Gasteiger partial charge on any atom is 0.460 e. The van der Waals surface area contributed by atoms with Crippen LogP contribution in [-0.4, -0.2) is 23.9 Å². The molecule has 116 valence electrons. The van der Waals surface area contributed by atoms with Crippen molar-refractivity contribution >= 4 is 5.91 Å². The van der Waals surface area contributed by atoms with E-state index in [1.165, 1.54) is 12.1 Å². The second-order valence-corrected chi connectivity index (χ2v) is 3.84. The van der Waals surface area contributed by atoms with Gasteiger partial charge in [0.25, 0.3) is 0 Å². The summed E-state index contributed by atoms with van der Waals surface area (Å²) in [4.78, 5) is 10.8. The van der Waals surface area contributed by atoms with E-state index in [-0.39, 0.29) is 0 Å². The van der Waals surface area contributed by atoms with Crippen LogP contribution in [0.4, 0.5) is 30.7 Å². The highest BCUT2D eigenvalue weighted by Crippen LogP contribution is 2.47. The molecule has 21 heavy (non-hydrogen) atoms. The number of hydrogen-bond acceptors (Lipinski definition) is 2. The highest BCUT2D eigenvalue weighted by molar-refractivity contribution is 5.85. The first-order valence-electron chi connectivity index (χ1n) is 5.28. The summed E-state index contributed by atoms with van der Waals surface area (Å²) < 4.78 is 86.2. The van der Waals surface area contributed by atoms with E-state index < -0.39 is 30.5 Å². The molecule has 0 saturated carbocycles. The van der Waals surface area contributed by atoms with Crippen molar-refractivity contribution in [1.82, 2.24) is 0 Å². The molecule has 0 atom stereocenters. The fourth-order valence-electron chi connectivity index (χ4n) is 1.14. The highest BCUT2D eigenvalue weighted by atomic mass is 19.4. The molecule has 0 bridgehead atoms. The monoisotopic (exact) mass is 316 g/mol. The number of azo groups is 1. The Kier molecular flexibility index (Phi) is 4.69. The topological polar surface area (TPSA) is 41.8 Å². The Hall–Kier alpha value is -2.00. The number of halogens is 7. The number of rotatable bonds is 4. The lowest BCUT2D eigenvalue weighted by Gasteiger charge is -2.25. The quantitative estimate of drug-likeness (QED) is 0.611. The van der Waals surface area contributed by atoms with Crippen molar-refractivity contribution in [3.8, 4) is 0 Å². The number of carbonyl (C=O) groups excluding carboxylic acids is 1. The standard InChI is InChI=1S/C11H7F7N2O/c12-9(13,10(14,15)11(16,17)18)8(21)20-19-6-7-4-2-1-3-5-7/h1-5H,6H2. The first-order valence-corrected chi connectivity index (χ1v) is 5.28. The van der Waals surface area contributed by atoms with E-state index in [9.17, 15) is 35.5 Å². The van der Waals surface area contributed by atoms with E-state index in [2.05, 4.69) is 10.2 Å². The van der Waals surface area contributed by atoms with Gasteiger partial charge in [0.2, 0.25) is 0 Å². The predicted molar refractivity (Wildman–Crippen MR) is 56.0 cm³/mol. The summed E-state index contributed by atoms with van der Waals surface area (Å²) in [6.45, 7) is -0.416. The maximum absolute atomic E-state index is 12.8. The molecule has 0 aliphatic heterocycles. The van der Waals surface area contributed by atoms with Crippen LogP contribution in [-0.2, 0) is 11.3 Å². The molecule has 1 amide bonds. The Morgan fingerprint density at radius 3 is 1.95 bits per heavy atom. The molecule has 0 aliphatic rings. The summed E-state index contributed by atoms with van der Waals surface area (Å²) in [5, 5.41) is 5.13. The minimum absolute atomic E-state index is 0.403. The first-order chi connectivity index (χ1) is 9.50. The summed E-state index contributed by atoms with van der Waals surface area (Å²) in [5.41, 5.74) is 0.403. The molecule has 0 aliphatic carbocycles. The fourth-order valence-corrected chi connectivity index (χ4v) is 1.14. The van der Waals surface area contributed by atoms with Crippen molar-refractivity contribution in [2.24, 2.45) is 10.2 Å². The van der Waals surface area contributed by atoms with Gasteiger partial charge in [0.05, 0.1) is 6.54 Å². The van der Waals surface area contributed by atoms with Crippen molar-refractivity contribution in [3.05, 3.63) is 35.9 Å². The molecule has 0 aromatic heterocycles. The molecule has 3 nitrogen and oxygen atoms in total. The second kappa shape index (κ2) is 5.78. The fraction of sp³-hybridized carbons (Fsp3) is 0.364. The molecule has 0 saturated heterocycles. The van der Waals surface area contributed by atoms with Crippen LogP contribution in [0.2, 0.25) is 0 Å². The van der Waals surface area contributed by atoms with Crippen LogP contribution < -0.4 is 0 Å². The van der Waals surface area contributed by atoms with Gasteiger partial charge in [-0.1, -0.05) is 30.3 Å². The van der Waals surface area contributed by atoms with Crippen LogP contribution in [0.5, 0.6) is 0 Å². The highest BCUT2D eigenvalue weighted by Gasteiger charge is 2.76. The third kappa shape index (κ3) is 3.56. The molecular formula is C11H7F7N2O. The van der Waals surface area contributed by atoms with E-state index in [4.69, 9.17) is 0 Å². The molecular weight excluding hydrogens is 309 g/mol. The van der Waals surface area contributed by atoms with Gasteiger partial charge in [0.1, 0.15) is 0 Å². The average molecular weight is 316 g/mol.